The van der Waals surface area contributed by atoms with E-state index in [2.05, 4.69) is 0 Å². The minimum atomic E-state index is -0.0358. The van der Waals surface area contributed by atoms with Crippen LogP contribution in [0.2, 0.25) is 5.02 Å². The van der Waals surface area contributed by atoms with E-state index in [-0.39, 0.29) is 25.0 Å². The number of benzene rings is 1. The van der Waals surface area contributed by atoms with Crippen molar-refractivity contribution in [2.24, 2.45) is 0 Å². The van der Waals surface area contributed by atoms with Gasteiger partial charge in [0.1, 0.15) is 19.0 Å². The summed E-state index contributed by atoms with van der Waals surface area (Å²) in [7, 11) is 1.50. The molecule has 2 aliphatic rings. The number of anilines is 1. The number of carbonyl (C=O) groups excluding carboxylic acids is 2. The van der Waals surface area contributed by atoms with Crippen molar-refractivity contribution in [2.45, 2.75) is 0 Å². The molecule has 0 aliphatic carbocycles. The Morgan fingerprint density at radius 1 is 1.12 bits per heavy atom. The molecular formula is C17H22ClN3O4. The molecule has 0 atom stereocenters. The van der Waals surface area contributed by atoms with Gasteiger partial charge in [-0.2, -0.15) is 0 Å². The summed E-state index contributed by atoms with van der Waals surface area (Å²) in [5.74, 6) is 0.761. The number of piperazine rings is 1. The van der Waals surface area contributed by atoms with Gasteiger partial charge in [0.15, 0.2) is 0 Å². The molecule has 0 spiro atoms. The van der Waals surface area contributed by atoms with Crippen LogP contribution in [0.5, 0.6) is 5.75 Å². The molecule has 0 aromatic heterocycles. The van der Waals surface area contributed by atoms with E-state index in [1.807, 2.05) is 17.0 Å². The molecule has 0 saturated carbocycles. The molecule has 0 radical (unpaired) electrons. The van der Waals surface area contributed by atoms with Crippen LogP contribution in [0.15, 0.2) is 18.2 Å². The van der Waals surface area contributed by atoms with Crippen LogP contribution in [0.3, 0.4) is 0 Å². The lowest BCUT2D eigenvalue weighted by Crippen LogP contribution is -2.53. The van der Waals surface area contributed by atoms with Crippen LogP contribution >= 0.6 is 11.6 Å². The molecule has 8 heteroatoms. The van der Waals surface area contributed by atoms with Crippen LogP contribution in [0, 0.1) is 0 Å². The maximum Gasteiger partial charge on any atom is 0.248 e. The number of carbonyl (C=O) groups is 2. The van der Waals surface area contributed by atoms with Gasteiger partial charge in [0, 0.05) is 38.3 Å². The molecule has 1 fully saturated rings. The smallest absolute Gasteiger partial charge is 0.248 e. The Morgan fingerprint density at radius 2 is 1.80 bits per heavy atom. The predicted molar refractivity (Wildman–Crippen MR) is 94.2 cm³/mol. The minimum Gasteiger partial charge on any atom is -0.490 e. The topological polar surface area (TPSA) is 62.3 Å². The molecule has 25 heavy (non-hydrogen) atoms. The summed E-state index contributed by atoms with van der Waals surface area (Å²) in [5.41, 5.74) is 0.848. The molecule has 2 aliphatic heterocycles. The van der Waals surface area contributed by atoms with Gasteiger partial charge >= 0.3 is 0 Å². The lowest BCUT2D eigenvalue weighted by molar-refractivity contribution is -0.141. The van der Waals surface area contributed by atoms with Crippen molar-refractivity contribution >= 4 is 29.1 Å². The van der Waals surface area contributed by atoms with E-state index in [0.29, 0.717) is 44.4 Å². The molecule has 0 unspecified atom stereocenters. The maximum absolute atomic E-state index is 12.6. The van der Waals surface area contributed by atoms with E-state index in [4.69, 9.17) is 21.1 Å². The highest BCUT2D eigenvalue weighted by Crippen LogP contribution is 2.33. The summed E-state index contributed by atoms with van der Waals surface area (Å²) in [6.07, 6.45) is 0. The van der Waals surface area contributed by atoms with Gasteiger partial charge in [-0.15, -0.1) is 0 Å². The van der Waals surface area contributed by atoms with Gasteiger partial charge in [-0.3, -0.25) is 9.59 Å². The zero-order chi connectivity index (χ0) is 17.8. The molecule has 0 bridgehead atoms. The molecule has 1 aromatic rings. The second kappa shape index (κ2) is 7.93. The molecule has 2 amide bonds. The largest absolute Gasteiger partial charge is 0.490 e. The highest BCUT2D eigenvalue weighted by Gasteiger charge is 2.27. The molecular weight excluding hydrogens is 346 g/mol. The number of amides is 2. The Kier molecular flexibility index (Phi) is 5.65. The number of halogens is 1. The third-order valence-corrected chi connectivity index (χ3v) is 4.69. The van der Waals surface area contributed by atoms with Crippen LogP contribution in [0.4, 0.5) is 5.69 Å². The first-order chi connectivity index (χ1) is 12.1. The van der Waals surface area contributed by atoms with Gasteiger partial charge in [-0.05, 0) is 18.2 Å². The predicted octanol–water partition coefficient (Wildman–Crippen LogP) is 0.856. The highest BCUT2D eigenvalue weighted by atomic mass is 35.5. The first kappa shape index (κ1) is 17.8. The number of fused-ring (bicyclic) bond motifs is 1. The number of nitrogens with zero attached hydrogens (tertiary/aromatic N) is 3. The van der Waals surface area contributed by atoms with Gasteiger partial charge in [-0.25, -0.2) is 0 Å². The van der Waals surface area contributed by atoms with Crippen molar-refractivity contribution in [1.29, 1.82) is 0 Å². The van der Waals surface area contributed by atoms with Gasteiger partial charge in [0.05, 0.1) is 18.8 Å². The fourth-order valence-electron chi connectivity index (χ4n) is 3.09. The molecule has 2 heterocycles. The van der Waals surface area contributed by atoms with Crippen molar-refractivity contribution in [2.75, 3.05) is 64.5 Å². The summed E-state index contributed by atoms with van der Waals surface area (Å²) in [6.45, 7) is 3.72. The molecule has 1 saturated heterocycles. The Labute approximate surface area is 152 Å². The first-order valence-corrected chi connectivity index (χ1v) is 8.68. The van der Waals surface area contributed by atoms with Crippen LogP contribution in [0.1, 0.15) is 0 Å². The second-order valence-electron chi connectivity index (χ2n) is 6.08. The molecule has 136 valence electrons. The van der Waals surface area contributed by atoms with Crippen molar-refractivity contribution < 1.29 is 19.1 Å². The van der Waals surface area contributed by atoms with Crippen LogP contribution in [0.25, 0.3) is 0 Å². The van der Waals surface area contributed by atoms with Crippen molar-refractivity contribution in [1.82, 2.24) is 9.80 Å². The van der Waals surface area contributed by atoms with Crippen molar-refractivity contribution in [3.63, 3.8) is 0 Å². The summed E-state index contributed by atoms with van der Waals surface area (Å²) >= 11 is 6.07. The number of ether oxygens (including phenoxy) is 2. The summed E-state index contributed by atoms with van der Waals surface area (Å²) in [6, 6.07) is 5.43. The van der Waals surface area contributed by atoms with Crippen LogP contribution in [-0.2, 0) is 14.3 Å². The van der Waals surface area contributed by atoms with E-state index >= 15 is 0 Å². The first-order valence-electron chi connectivity index (χ1n) is 8.30. The third-order valence-electron chi connectivity index (χ3n) is 4.46. The standard InChI is InChI=1S/C17H22ClN3O4/c1-24-12-17(23)20-6-4-19(5-7-20)16(22)11-21-8-9-25-15-3-2-13(18)10-14(15)21/h2-3,10H,4-9,11-12H2,1H3. The van der Waals surface area contributed by atoms with Crippen molar-refractivity contribution in [3.05, 3.63) is 23.2 Å². The number of rotatable bonds is 4. The average molecular weight is 368 g/mol. The molecule has 3 rings (SSSR count). The monoisotopic (exact) mass is 367 g/mol. The van der Waals surface area contributed by atoms with E-state index in [9.17, 15) is 9.59 Å². The Bertz CT molecular complexity index is 647. The third kappa shape index (κ3) is 4.16. The lowest BCUT2D eigenvalue weighted by Gasteiger charge is -2.37. The summed E-state index contributed by atoms with van der Waals surface area (Å²) in [5, 5.41) is 0.618. The Hall–Kier alpha value is -1.99. The normalized spacial score (nSPS) is 17.1. The van der Waals surface area contributed by atoms with Gasteiger partial charge in [-0.1, -0.05) is 11.6 Å². The van der Waals surface area contributed by atoms with E-state index in [1.165, 1.54) is 7.11 Å². The van der Waals surface area contributed by atoms with E-state index in [0.717, 1.165) is 11.4 Å². The summed E-state index contributed by atoms with van der Waals surface area (Å²) in [4.78, 5) is 30.0. The van der Waals surface area contributed by atoms with Gasteiger partial charge < -0.3 is 24.2 Å². The molecule has 1 aromatic carbocycles. The SMILES string of the molecule is COCC(=O)N1CCN(C(=O)CN2CCOc3ccc(Cl)cc32)CC1. The lowest BCUT2D eigenvalue weighted by atomic mass is 10.2. The zero-order valence-electron chi connectivity index (χ0n) is 14.2. The van der Waals surface area contributed by atoms with Crippen molar-refractivity contribution in [3.8, 4) is 5.75 Å². The van der Waals surface area contributed by atoms with Gasteiger partial charge in [0.2, 0.25) is 11.8 Å². The number of methoxy groups -OCH3 is 1. The van der Waals surface area contributed by atoms with E-state index in [1.54, 1.807) is 15.9 Å². The molecule has 0 N–H and O–H groups in total. The fourth-order valence-corrected chi connectivity index (χ4v) is 3.26. The second-order valence-corrected chi connectivity index (χ2v) is 6.51. The van der Waals surface area contributed by atoms with Gasteiger partial charge in [0.25, 0.3) is 0 Å². The highest BCUT2D eigenvalue weighted by molar-refractivity contribution is 6.31. The Morgan fingerprint density at radius 3 is 2.48 bits per heavy atom. The number of hydrogen-bond donors (Lipinski definition) is 0. The minimum absolute atomic E-state index is 0.0358. The number of hydrogen-bond acceptors (Lipinski definition) is 5. The quantitative estimate of drug-likeness (QED) is 0.789. The zero-order valence-corrected chi connectivity index (χ0v) is 15.0. The fraction of sp³-hybridized carbons (Fsp3) is 0.529. The van der Waals surface area contributed by atoms with Crippen LogP contribution < -0.4 is 9.64 Å². The Balaban J connectivity index is 1.58. The van der Waals surface area contributed by atoms with Crippen LogP contribution in [-0.4, -0.2) is 81.2 Å². The molecule has 7 nitrogen and oxygen atoms in total. The summed E-state index contributed by atoms with van der Waals surface area (Å²) < 4.78 is 10.5. The average Bonchev–Trinajstić information content (AvgIpc) is 2.62. The maximum atomic E-state index is 12.6. The van der Waals surface area contributed by atoms with E-state index < -0.39 is 0 Å².